The van der Waals surface area contributed by atoms with Gasteiger partial charge in [-0.25, -0.2) is 8.78 Å². The van der Waals surface area contributed by atoms with E-state index in [1.807, 2.05) is 27.7 Å². The average molecular weight is 284 g/mol. The molecule has 0 saturated carbocycles. The van der Waals surface area contributed by atoms with Gasteiger partial charge in [0, 0.05) is 6.42 Å². The van der Waals surface area contributed by atoms with Gasteiger partial charge in [-0.05, 0) is 50.9 Å². The van der Waals surface area contributed by atoms with Crippen molar-refractivity contribution in [1.82, 2.24) is 0 Å². The molecule has 0 aromatic heterocycles. The monoisotopic (exact) mass is 284 g/mol. The van der Waals surface area contributed by atoms with E-state index in [0.29, 0.717) is 11.0 Å². The van der Waals surface area contributed by atoms with Gasteiger partial charge in [0.15, 0.2) is 0 Å². The molecular weight excluding hydrogens is 265 g/mol. The van der Waals surface area contributed by atoms with Crippen molar-refractivity contribution in [1.29, 1.82) is 0 Å². The first-order valence-electron chi connectivity index (χ1n) is 6.58. The standard InChI is InChI=1S/C14H19BF2O3/c1-13(2)14(3,4)20-15(19-13)11-6-5-10(18)7-9(11)8-12(16)17/h5-7,12,18H,8H2,1-4H3. The topological polar surface area (TPSA) is 38.7 Å². The van der Waals surface area contributed by atoms with Crippen LogP contribution in [0, 0.1) is 0 Å². The minimum absolute atomic E-state index is 0.0408. The second-order valence-corrected chi connectivity index (χ2v) is 6.07. The first-order valence-corrected chi connectivity index (χ1v) is 6.58. The molecule has 1 N–H and O–H groups in total. The van der Waals surface area contributed by atoms with Crippen LogP contribution < -0.4 is 5.46 Å². The van der Waals surface area contributed by atoms with Crippen molar-refractivity contribution in [3.63, 3.8) is 0 Å². The summed E-state index contributed by atoms with van der Waals surface area (Å²) in [5, 5.41) is 9.47. The lowest BCUT2D eigenvalue weighted by atomic mass is 9.75. The number of hydrogen-bond donors (Lipinski definition) is 1. The Balaban J connectivity index is 2.34. The number of hydrogen-bond acceptors (Lipinski definition) is 3. The highest BCUT2D eigenvalue weighted by atomic mass is 19.3. The zero-order valence-corrected chi connectivity index (χ0v) is 12.1. The van der Waals surface area contributed by atoms with E-state index in [9.17, 15) is 13.9 Å². The fourth-order valence-electron chi connectivity index (χ4n) is 2.14. The zero-order valence-electron chi connectivity index (χ0n) is 12.1. The summed E-state index contributed by atoms with van der Waals surface area (Å²) in [6.07, 6.45) is -2.92. The lowest BCUT2D eigenvalue weighted by molar-refractivity contribution is 0.00578. The van der Waals surface area contributed by atoms with Crippen LogP contribution in [-0.2, 0) is 15.7 Å². The Morgan fingerprint density at radius 1 is 1.15 bits per heavy atom. The van der Waals surface area contributed by atoms with E-state index in [2.05, 4.69) is 0 Å². The maximum atomic E-state index is 12.7. The number of phenolic OH excluding ortho intramolecular Hbond substituents is 1. The Hall–Kier alpha value is -1.14. The van der Waals surface area contributed by atoms with E-state index < -0.39 is 31.2 Å². The van der Waals surface area contributed by atoms with Crippen molar-refractivity contribution in [3.8, 4) is 5.75 Å². The predicted octanol–water partition coefficient (Wildman–Crippen LogP) is 2.50. The van der Waals surface area contributed by atoms with Crippen molar-refractivity contribution in [2.45, 2.75) is 51.7 Å². The highest BCUT2D eigenvalue weighted by Gasteiger charge is 2.52. The molecule has 0 atom stereocenters. The van der Waals surface area contributed by atoms with E-state index in [1.165, 1.54) is 12.1 Å². The fourth-order valence-corrected chi connectivity index (χ4v) is 2.14. The van der Waals surface area contributed by atoms with Crippen molar-refractivity contribution in [2.75, 3.05) is 0 Å². The molecule has 0 radical (unpaired) electrons. The third-order valence-corrected chi connectivity index (χ3v) is 4.01. The van der Waals surface area contributed by atoms with Crippen LogP contribution in [-0.4, -0.2) is 29.9 Å². The highest BCUT2D eigenvalue weighted by molar-refractivity contribution is 6.62. The Labute approximate surface area is 118 Å². The predicted molar refractivity (Wildman–Crippen MR) is 73.5 cm³/mol. The SMILES string of the molecule is CC1(C)OB(c2ccc(O)cc2CC(F)F)OC1(C)C. The number of alkyl halides is 2. The largest absolute Gasteiger partial charge is 0.508 e. The van der Waals surface area contributed by atoms with Crippen LogP contribution in [0.4, 0.5) is 8.78 Å². The van der Waals surface area contributed by atoms with Crippen LogP contribution in [0.5, 0.6) is 5.75 Å². The Morgan fingerprint density at radius 3 is 2.20 bits per heavy atom. The summed E-state index contributed by atoms with van der Waals surface area (Å²) in [6.45, 7) is 7.61. The number of halogens is 2. The molecule has 0 amide bonds. The van der Waals surface area contributed by atoms with Crippen LogP contribution in [0.3, 0.4) is 0 Å². The lowest BCUT2D eigenvalue weighted by Gasteiger charge is -2.32. The first kappa shape index (κ1) is 15.3. The molecule has 1 aromatic rings. The van der Waals surface area contributed by atoms with E-state index in [-0.39, 0.29) is 5.75 Å². The Kier molecular flexibility index (Phi) is 3.82. The molecule has 1 aromatic carbocycles. The van der Waals surface area contributed by atoms with E-state index in [4.69, 9.17) is 9.31 Å². The van der Waals surface area contributed by atoms with Crippen molar-refractivity contribution in [2.24, 2.45) is 0 Å². The molecule has 20 heavy (non-hydrogen) atoms. The molecule has 2 rings (SSSR count). The van der Waals surface area contributed by atoms with Gasteiger partial charge in [0.25, 0.3) is 0 Å². The molecule has 0 aliphatic carbocycles. The molecule has 1 fully saturated rings. The lowest BCUT2D eigenvalue weighted by Crippen LogP contribution is -2.41. The molecule has 3 nitrogen and oxygen atoms in total. The summed E-state index contributed by atoms with van der Waals surface area (Å²) >= 11 is 0. The molecule has 1 heterocycles. The van der Waals surface area contributed by atoms with Gasteiger partial charge in [0.2, 0.25) is 6.43 Å². The maximum Gasteiger partial charge on any atom is 0.495 e. The minimum atomic E-state index is -2.49. The number of rotatable bonds is 3. The first-order chi connectivity index (χ1) is 9.12. The number of phenols is 1. The smallest absolute Gasteiger partial charge is 0.495 e. The maximum absolute atomic E-state index is 12.7. The van der Waals surface area contributed by atoms with Crippen LogP contribution in [0.2, 0.25) is 0 Å². The summed E-state index contributed by atoms with van der Waals surface area (Å²) in [7, 11) is -0.700. The second-order valence-electron chi connectivity index (χ2n) is 6.07. The molecule has 0 unspecified atom stereocenters. The second kappa shape index (κ2) is 5.00. The fraction of sp³-hybridized carbons (Fsp3) is 0.571. The van der Waals surface area contributed by atoms with Gasteiger partial charge < -0.3 is 14.4 Å². The molecule has 6 heteroatoms. The average Bonchev–Trinajstić information content (AvgIpc) is 2.46. The van der Waals surface area contributed by atoms with E-state index in [1.54, 1.807) is 6.07 Å². The van der Waals surface area contributed by atoms with Crippen molar-refractivity contribution >= 4 is 12.6 Å². The number of benzene rings is 1. The summed E-state index contributed by atoms with van der Waals surface area (Å²) in [5.41, 5.74) is -0.171. The molecular formula is C14H19BF2O3. The summed E-state index contributed by atoms with van der Waals surface area (Å²) in [5.74, 6) is -0.0408. The number of aromatic hydroxyl groups is 1. The third-order valence-electron chi connectivity index (χ3n) is 4.01. The van der Waals surface area contributed by atoms with Crippen LogP contribution in [0.15, 0.2) is 18.2 Å². The molecule has 1 aliphatic heterocycles. The quantitative estimate of drug-likeness (QED) is 0.867. The van der Waals surface area contributed by atoms with Gasteiger partial charge >= 0.3 is 7.12 Å². The molecule has 0 spiro atoms. The Morgan fingerprint density at radius 2 is 1.70 bits per heavy atom. The van der Waals surface area contributed by atoms with Gasteiger partial charge in [-0.1, -0.05) is 6.07 Å². The van der Waals surface area contributed by atoms with Gasteiger partial charge in [-0.15, -0.1) is 0 Å². The van der Waals surface area contributed by atoms with Crippen molar-refractivity contribution in [3.05, 3.63) is 23.8 Å². The van der Waals surface area contributed by atoms with E-state index >= 15 is 0 Å². The summed E-state index contributed by atoms with van der Waals surface area (Å²) < 4.78 is 37.0. The van der Waals surface area contributed by atoms with E-state index in [0.717, 1.165) is 0 Å². The minimum Gasteiger partial charge on any atom is -0.508 e. The summed E-state index contributed by atoms with van der Waals surface area (Å²) in [4.78, 5) is 0. The van der Waals surface area contributed by atoms with Gasteiger partial charge in [0.05, 0.1) is 11.2 Å². The van der Waals surface area contributed by atoms with Crippen LogP contribution in [0.1, 0.15) is 33.3 Å². The molecule has 0 bridgehead atoms. The summed E-state index contributed by atoms with van der Waals surface area (Å²) in [6, 6.07) is 4.37. The third kappa shape index (κ3) is 2.81. The highest BCUT2D eigenvalue weighted by Crippen LogP contribution is 2.36. The van der Waals surface area contributed by atoms with Crippen molar-refractivity contribution < 1.29 is 23.2 Å². The molecule has 110 valence electrons. The zero-order chi connectivity index (χ0) is 15.1. The molecule has 1 aliphatic rings. The Bertz CT molecular complexity index is 487. The van der Waals surface area contributed by atoms with Crippen LogP contribution in [0.25, 0.3) is 0 Å². The normalized spacial score (nSPS) is 20.6. The van der Waals surface area contributed by atoms with Gasteiger partial charge in [-0.3, -0.25) is 0 Å². The molecule has 1 saturated heterocycles. The van der Waals surface area contributed by atoms with Crippen LogP contribution >= 0.6 is 0 Å². The van der Waals surface area contributed by atoms with Gasteiger partial charge in [-0.2, -0.15) is 0 Å². The van der Waals surface area contributed by atoms with Gasteiger partial charge in [0.1, 0.15) is 5.75 Å².